The monoisotopic (exact) mass is 428 g/mol. The van der Waals surface area contributed by atoms with Crippen molar-refractivity contribution in [1.29, 1.82) is 0 Å². The Hall–Kier alpha value is -2.05. The zero-order chi connectivity index (χ0) is 22.6. The molecule has 0 radical (unpaired) electrons. The molecule has 31 heavy (non-hydrogen) atoms. The summed E-state index contributed by atoms with van der Waals surface area (Å²) in [6.45, 7) is 5.21. The SMILES string of the molecule is C/C=C/C(=O)OCC(=O)[C@@]1(O)CCC2C3CCC4=CC(=O)C=CC4(C)C3C(O)CC21C. The molecule has 2 N–H and O–H groups in total. The fourth-order valence-corrected chi connectivity index (χ4v) is 7.23. The second-order valence-corrected chi connectivity index (χ2v) is 10.1. The van der Waals surface area contributed by atoms with Gasteiger partial charge in [-0.2, -0.15) is 0 Å². The van der Waals surface area contributed by atoms with Crippen molar-refractivity contribution >= 4 is 17.5 Å². The number of Topliss-reactive ketones (excluding diaryl/α,β-unsaturated/α-hetero) is 1. The minimum atomic E-state index is -1.63. The lowest BCUT2D eigenvalue weighted by Gasteiger charge is -2.59. The molecular weight excluding hydrogens is 396 g/mol. The largest absolute Gasteiger partial charge is 0.454 e. The first-order chi connectivity index (χ1) is 14.6. The van der Waals surface area contributed by atoms with E-state index in [0.29, 0.717) is 19.3 Å². The number of ether oxygens (including phenoxy) is 1. The Morgan fingerprint density at radius 3 is 2.74 bits per heavy atom. The maximum Gasteiger partial charge on any atom is 0.330 e. The van der Waals surface area contributed by atoms with E-state index in [4.69, 9.17) is 4.74 Å². The molecule has 3 fully saturated rings. The van der Waals surface area contributed by atoms with Gasteiger partial charge in [0.15, 0.2) is 12.4 Å². The summed E-state index contributed by atoms with van der Waals surface area (Å²) >= 11 is 0. The van der Waals surface area contributed by atoms with Gasteiger partial charge < -0.3 is 14.9 Å². The summed E-state index contributed by atoms with van der Waals surface area (Å²) in [6, 6.07) is 0. The van der Waals surface area contributed by atoms with E-state index in [9.17, 15) is 24.6 Å². The fourth-order valence-electron chi connectivity index (χ4n) is 7.23. The minimum absolute atomic E-state index is 0.00522. The van der Waals surface area contributed by atoms with Gasteiger partial charge in [0.05, 0.1) is 6.10 Å². The number of hydrogen-bond acceptors (Lipinski definition) is 6. The molecule has 0 heterocycles. The lowest BCUT2D eigenvalue weighted by atomic mass is 9.46. The van der Waals surface area contributed by atoms with Gasteiger partial charge in [-0.3, -0.25) is 9.59 Å². The third-order valence-corrected chi connectivity index (χ3v) is 8.76. The summed E-state index contributed by atoms with van der Waals surface area (Å²) in [7, 11) is 0. The quantitative estimate of drug-likeness (QED) is 0.527. The third-order valence-electron chi connectivity index (χ3n) is 8.76. The Balaban J connectivity index is 1.61. The van der Waals surface area contributed by atoms with Crippen molar-refractivity contribution < 1.29 is 29.3 Å². The van der Waals surface area contributed by atoms with Crippen LogP contribution in [0.3, 0.4) is 0 Å². The van der Waals surface area contributed by atoms with E-state index in [2.05, 4.69) is 6.92 Å². The van der Waals surface area contributed by atoms with Gasteiger partial charge in [0.2, 0.25) is 5.78 Å². The molecule has 4 aliphatic rings. The Morgan fingerprint density at radius 2 is 2.03 bits per heavy atom. The van der Waals surface area contributed by atoms with E-state index < -0.39 is 35.5 Å². The smallest absolute Gasteiger partial charge is 0.330 e. The van der Waals surface area contributed by atoms with Gasteiger partial charge in [-0.25, -0.2) is 4.79 Å². The lowest BCUT2D eigenvalue weighted by Crippen LogP contribution is -2.61. The number of aliphatic hydroxyl groups excluding tert-OH is 1. The lowest BCUT2D eigenvalue weighted by molar-refractivity contribution is -0.180. The Bertz CT molecular complexity index is 900. The van der Waals surface area contributed by atoms with Crippen molar-refractivity contribution in [1.82, 2.24) is 0 Å². The average Bonchev–Trinajstić information content (AvgIpc) is 2.98. The zero-order valence-corrected chi connectivity index (χ0v) is 18.5. The third kappa shape index (κ3) is 3.18. The molecule has 0 aliphatic heterocycles. The molecule has 0 aromatic heterocycles. The highest BCUT2D eigenvalue weighted by molar-refractivity contribution is 6.01. The van der Waals surface area contributed by atoms with Gasteiger partial charge in [-0.05, 0) is 63.0 Å². The van der Waals surface area contributed by atoms with E-state index in [-0.39, 0.29) is 29.0 Å². The molecule has 0 spiro atoms. The van der Waals surface area contributed by atoms with Crippen LogP contribution in [0.5, 0.6) is 0 Å². The van der Waals surface area contributed by atoms with Crippen LogP contribution in [0, 0.1) is 28.6 Å². The highest BCUT2D eigenvalue weighted by Crippen LogP contribution is 2.67. The second-order valence-electron chi connectivity index (χ2n) is 10.1. The normalized spacial score (nSPS) is 43.8. The minimum Gasteiger partial charge on any atom is -0.454 e. The molecule has 0 aromatic carbocycles. The summed E-state index contributed by atoms with van der Waals surface area (Å²) in [5.74, 6) is -0.950. The van der Waals surface area contributed by atoms with E-state index in [1.54, 1.807) is 19.1 Å². The van der Waals surface area contributed by atoms with Gasteiger partial charge in [0.25, 0.3) is 0 Å². The first-order valence-corrected chi connectivity index (χ1v) is 11.2. The molecule has 0 aromatic rings. The van der Waals surface area contributed by atoms with Crippen LogP contribution in [0.4, 0.5) is 0 Å². The van der Waals surface area contributed by atoms with Crippen molar-refractivity contribution in [2.24, 2.45) is 28.6 Å². The topological polar surface area (TPSA) is 101 Å². The molecule has 4 rings (SSSR count). The number of hydrogen-bond donors (Lipinski definition) is 2. The zero-order valence-electron chi connectivity index (χ0n) is 18.5. The van der Waals surface area contributed by atoms with Gasteiger partial charge in [-0.1, -0.05) is 31.6 Å². The van der Waals surface area contributed by atoms with Crippen molar-refractivity contribution in [3.63, 3.8) is 0 Å². The van der Waals surface area contributed by atoms with Crippen molar-refractivity contribution in [2.75, 3.05) is 6.61 Å². The highest BCUT2D eigenvalue weighted by atomic mass is 16.5. The van der Waals surface area contributed by atoms with Crippen molar-refractivity contribution in [2.45, 2.75) is 64.6 Å². The molecule has 0 bridgehead atoms. The molecule has 0 amide bonds. The number of fused-ring (bicyclic) bond motifs is 5. The number of rotatable bonds is 4. The van der Waals surface area contributed by atoms with Crippen LogP contribution in [0.15, 0.2) is 36.0 Å². The number of esters is 1. The molecule has 3 saturated carbocycles. The number of carbonyl (C=O) groups is 3. The van der Waals surface area contributed by atoms with Crippen LogP contribution in [-0.2, 0) is 19.1 Å². The number of ketones is 2. The predicted octanol–water partition coefficient (Wildman–Crippen LogP) is 2.68. The molecule has 0 saturated heterocycles. The number of aliphatic hydroxyl groups is 2. The second kappa shape index (κ2) is 7.52. The van der Waals surface area contributed by atoms with Crippen LogP contribution in [0.1, 0.15) is 52.9 Å². The Labute approximate surface area is 183 Å². The molecule has 6 nitrogen and oxygen atoms in total. The molecule has 7 atom stereocenters. The van der Waals surface area contributed by atoms with Gasteiger partial charge >= 0.3 is 5.97 Å². The standard InChI is InChI=1S/C25H32O6/c1-4-5-21(29)31-14-20(28)25(30)11-9-18-17-7-6-15-12-16(26)8-10-23(15,2)22(17)19(27)13-24(18,25)3/h4-5,8,10,12,17-19,22,27,30H,6-7,9,11,13-14H2,1-3H3/b5-4+/t17?,18?,19?,22?,23?,24?,25-/m0/s1. The Morgan fingerprint density at radius 1 is 1.29 bits per heavy atom. The van der Waals surface area contributed by atoms with Crippen LogP contribution in [-0.4, -0.2) is 46.1 Å². The van der Waals surface area contributed by atoms with Gasteiger partial charge in [-0.15, -0.1) is 0 Å². The fraction of sp³-hybridized carbons (Fsp3) is 0.640. The Kier molecular flexibility index (Phi) is 5.38. The number of carbonyl (C=O) groups excluding carboxylic acids is 3. The van der Waals surface area contributed by atoms with E-state index in [0.717, 1.165) is 18.4 Å². The van der Waals surface area contributed by atoms with E-state index in [1.165, 1.54) is 12.2 Å². The highest BCUT2D eigenvalue weighted by Gasteiger charge is 2.68. The molecule has 6 unspecified atom stereocenters. The molecule has 6 heteroatoms. The molecular formula is C25H32O6. The predicted molar refractivity (Wildman–Crippen MR) is 114 cm³/mol. The molecule has 168 valence electrons. The summed E-state index contributed by atoms with van der Waals surface area (Å²) in [5, 5.41) is 22.9. The molecule has 4 aliphatic carbocycles. The summed E-state index contributed by atoms with van der Waals surface area (Å²) < 4.78 is 5.03. The van der Waals surface area contributed by atoms with Crippen LogP contribution < -0.4 is 0 Å². The van der Waals surface area contributed by atoms with Crippen LogP contribution in [0.2, 0.25) is 0 Å². The summed E-state index contributed by atoms with van der Waals surface area (Å²) in [4.78, 5) is 36.6. The maximum atomic E-state index is 13.0. The number of allylic oxidation sites excluding steroid dienone is 5. The maximum absolute atomic E-state index is 13.0. The van der Waals surface area contributed by atoms with Gasteiger partial charge in [0, 0.05) is 22.8 Å². The van der Waals surface area contributed by atoms with Gasteiger partial charge in [0.1, 0.15) is 5.60 Å². The van der Waals surface area contributed by atoms with Crippen LogP contribution >= 0.6 is 0 Å². The van der Waals surface area contributed by atoms with E-state index >= 15 is 0 Å². The first-order valence-electron chi connectivity index (χ1n) is 11.2. The van der Waals surface area contributed by atoms with E-state index in [1.807, 2.05) is 13.0 Å². The summed E-state index contributed by atoms with van der Waals surface area (Å²) in [5.41, 5.74) is -1.73. The van der Waals surface area contributed by atoms with Crippen LogP contribution in [0.25, 0.3) is 0 Å². The summed E-state index contributed by atoms with van der Waals surface area (Å²) in [6.07, 6.45) is 10.2. The first kappa shape index (κ1) is 22.2. The van der Waals surface area contributed by atoms with Crippen molar-refractivity contribution in [3.05, 3.63) is 36.0 Å². The average molecular weight is 429 g/mol. The van der Waals surface area contributed by atoms with Crippen molar-refractivity contribution in [3.8, 4) is 0 Å².